The summed E-state index contributed by atoms with van der Waals surface area (Å²) in [6.07, 6.45) is 8.46. The van der Waals surface area contributed by atoms with Crippen molar-refractivity contribution in [1.82, 2.24) is 19.6 Å². The maximum absolute atomic E-state index is 13.3. The summed E-state index contributed by atoms with van der Waals surface area (Å²) in [7, 11) is 1.89. The fraction of sp³-hybridized carbons (Fsp3) is 0.346. The van der Waals surface area contributed by atoms with E-state index in [2.05, 4.69) is 5.32 Å². The molecule has 1 unspecified atom stereocenters. The molecule has 8 nitrogen and oxygen atoms in total. The minimum Gasteiger partial charge on any atom is -0.466 e. The molecular weight excluding hydrogens is 430 g/mol. The first kappa shape index (κ1) is 22.0. The van der Waals surface area contributed by atoms with Crippen LogP contribution in [0, 0.1) is 11.3 Å². The van der Waals surface area contributed by atoms with Gasteiger partial charge >= 0.3 is 0 Å². The van der Waals surface area contributed by atoms with Gasteiger partial charge in [0.05, 0.1) is 11.4 Å². The van der Waals surface area contributed by atoms with Crippen LogP contribution in [0.5, 0.6) is 0 Å². The number of para-hydroxylation sites is 1. The molecule has 3 aliphatic rings. The van der Waals surface area contributed by atoms with Gasteiger partial charge in [0.15, 0.2) is 0 Å². The molecule has 0 radical (unpaired) electrons. The van der Waals surface area contributed by atoms with Gasteiger partial charge in [0.2, 0.25) is 0 Å². The van der Waals surface area contributed by atoms with E-state index < -0.39 is 0 Å². The van der Waals surface area contributed by atoms with Crippen LogP contribution in [0.25, 0.3) is 5.69 Å². The highest BCUT2D eigenvalue weighted by Crippen LogP contribution is 2.28. The molecule has 2 N–H and O–H groups in total. The molecule has 0 bridgehead atoms. The Hall–Kier alpha value is -3.81. The van der Waals surface area contributed by atoms with Crippen LogP contribution < -0.4 is 10.9 Å². The number of amides is 1. The van der Waals surface area contributed by atoms with E-state index in [1.165, 1.54) is 0 Å². The van der Waals surface area contributed by atoms with Crippen molar-refractivity contribution in [2.75, 3.05) is 13.6 Å². The van der Waals surface area contributed by atoms with Crippen LogP contribution in [-0.2, 0) is 17.7 Å². The molecule has 1 aromatic carbocycles. The molecule has 3 heterocycles. The molecule has 1 atom stereocenters. The Bertz CT molecular complexity index is 1300. The molecule has 34 heavy (non-hydrogen) atoms. The maximum atomic E-state index is 13.3. The molecule has 176 valence electrons. The Morgan fingerprint density at radius 1 is 1.15 bits per heavy atom. The summed E-state index contributed by atoms with van der Waals surface area (Å²) in [5.41, 5.74) is 2.28. The number of nitrogens with one attached hydrogen (secondary N) is 2. The number of fused-ring (bicyclic) bond motifs is 1. The molecule has 1 amide bonds. The van der Waals surface area contributed by atoms with Gasteiger partial charge in [-0.3, -0.25) is 19.7 Å². The van der Waals surface area contributed by atoms with E-state index >= 15 is 0 Å². The normalized spacial score (nSPS) is 19.8. The lowest BCUT2D eigenvalue weighted by Crippen LogP contribution is -2.32. The Balaban J connectivity index is 1.36. The number of hydrogen-bond donors (Lipinski definition) is 2. The second kappa shape index (κ2) is 8.85. The molecule has 0 saturated carbocycles. The topological polar surface area (TPSA) is 92.4 Å². The number of amidine groups is 1. The average Bonchev–Trinajstić information content (AvgIpc) is 3.38. The number of nitrogens with zero attached hydrogens (tertiary/aromatic N) is 3. The monoisotopic (exact) mass is 459 g/mol. The van der Waals surface area contributed by atoms with Crippen LogP contribution >= 0.6 is 0 Å². The molecule has 0 spiro atoms. The Morgan fingerprint density at radius 2 is 1.94 bits per heavy atom. The van der Waals surface area contributed by atoms with Crippen LogP contribution in [-0.4, -0.2) is 39.6 Å². The third kappa shape index (κ3) is 4.00. The highest BCUT2D eigenvalue weighted by molar-refractivity contribution is 5.96. The molecule has 0 fully saturated rings. The first-order chi connectivity index (χ1) is 16.4. The fourth-order valence-corrected chi connectivity index (χ4v) is 4.77. The summed E-state index contributed by atoms with van der Waals surface area (Å²) in [6, 6.07) is 9.45. The second-order valence-corrected chi connectivity index (χ2v) is 9.09. The molecule has 0 saturated heterocycles. The van der Waals surface area contributed by atoms with Crippen molar-refractivity contribution in [1.29, 1.82) is 5.41 Å². The molecule has 2 aliphatic heterocycles. The number of carbonyl (C=O) groups excluding carboxylic acids is 1. The number of ether oxygens (including phenoxy) is 1. The van der Waals surface area contributed by atoms with E-state index in [4.69, 9.17) is 10.1 Å². The summed E-state index contributed by atoms with van der Waals surface area (Å²) in [6.45, 7) is 3.52. The Kier molecular flexibility index (Phi) is 5.73. The third-order valence-electron chi connectivity index (χ3n) is 6.65. The Labute approximate surface area is 198 Å². The van der Waals surface area contributed by atoms with E-state index in [0.29, 0.717) is 18.7 Å². The van der Waals surface area contributed by atoms with Gasteiger partial charge in [0.1, 0.15) is 22.9 Å². The highest BCUT2D eigenvalue weighted by atomic mass is 16.5. The number of likely N-dealkylation sites (N-methyl/N-ethyl adjacent to an activating group) is 1. The van der Waals surface area contributed by atoms with Crippen molar-refractivity contribution >= 4 is 11.7 Å². The van der Waals surface area contributed by atoms with Crippen LogP contribution in [0.2, 0.25) is 0 Å². The maximum Gasteiger partial charge on any atom is 0.284 e. The lowest BCUT2D eigenvalue weighted by atomic mass is 9.97. The largest absolute Gasteiger partial charge is 0.466 e. The first-order valence-corrected chi connectivity index (χ1v) is 11.7. The van der Waals surface area contributed by atoms with Crippen LogP contribution in [0.1, 0.15) is 42.2 Å². The van der Waals surface area contributed by atoms with Gasteiger partial charge in [-0.15, -0.1) is 0 Å². The average molecular weight is 460 g/mol. The number of aromatic nitrogens is 2. The van der Waals surface area contributed by atoms with Gasteiger partial charge in [-0.25, -0.2) is 4.68 Å². The van der Waals surface area contributed by atoms with E-state index in [1.54, 1.807) is 10.8 Å². The predicted molar refractivity (Wildman–Crippen MR) is 130 cm³/mol. The zero-order valence-electron chi connectivity index (χ0n) is 19.5. The van der Waals surface area contributed by atoms with Gasteiger partial charge in [-0.05, 0) is 43.5 Å². The van der Waals surface area contributed by atoms with E-state index in [0.717, 1.165) is 54.5 Å². The van der Waals surface area contributed by atoms with E-state index in [-0.39, 0.29) is 22.9 Å². The second-order valence-electron chi connectivity index (χ2n) is 9.09. The highest BCUT2D eigenvalue weighted by Gasteiger charge is 2.30. The molecule has 1 aromatic heterocycles. The molecular formula is C26H29N5O3. The summed E-state index contributed by atoms with van der Waals surface area (Å²) < 4.78 is 9.63. The minimum absolute atomic E-state index is 0.0655. The summed E-state index contributed by atoms with van der Waals surface area (Å²) in [4.78, 5) is 28.4. The summed E-state index contributed by atoms with van der Waals surface area (Å²) >= 11 is 0. The van der Waals surface area contributed by atoms with Crippen molar-refractivity contribution in [3.63, 3.8) is 0 Å². The van der Waals surface area contributed by atoms with Crippen molar-refractivity contribution < 1.29 is 9.53 Å². The van der Waals surface area contributed by atoms with Crippen molar-refractivity contribution in [3.8, 4) is 5.69 Å². The van der Waals surface area contributed by atoms with Gasteiger partial charge in [-0.1, -0.05) is 25.1 Å². The van der Waals surface area contributed by atoms with Gasteiger partial charge in [-0.2, -0.15) is 0 Å². The van der Waals surface area contributed by atoms with Crippen LogP contribution in [0.4, 0.5) is 0 Å². The lowest BCUT2D eigenvalue weighted by molar-refractivity contribution is 0.0961. The first-order valence-electron chi connectivity index (χ1n) is 11.7. The SMILES string of the molecule is CC1CC(NC(=O)c2c3n(n(-c4ccccc4)c2=O)CCC3)=CC=C1OC1=CC(=N)N(C)CC1. The minimum atomic E-state index is -0.354. The zero-order valence-corrected chi connectivity index (χ0v) is 19.5. The van der Waals surface area contributed by atoms with Crippen LogP contribution in [0.15, 0.2) is 70.6 Å². The smallest absolute Gasteiger partial charge is 0.284 e. The van der Waals surface area contributed by atoms with Crippen molar-refractivity contribution in [3.05, 3.63) is 87.4 Å². The van der Waals surface area contributed by atoms with Crippen molar-refractivity contribution in [2.24, 2.45) is 5.92 Å². The zero-order chi connectivity index (χ0) is 23.8. The number of hydrogen-bond acceptors (Lipinski definition) is 4. The molecule has 1 aliphatic carbocycles. The fourth-order valence-electron chi connectivity index (χ4n) is 4.77. The number of benzene rings is 1. The molecule has 8 heteroatoms. The molecule has 2 aromatic rings. The Morgan fingerprint density at radius 3 is 2.68 bits per heavy atom. The van der Waals surface area contributed by atoms with Gasteiger partial charge in [0, 0.05) is 44.2 Å². The van der Waals surface area contributed by atoms with Gasteiger partial charge in [0.25, 0.3) is 11.5 Å². The molecule has 5 rings (SSSR count). The van der Waals surface area contributed by atoms with Crippen molar-refractivity contribution in [2.45, 2.75) is 39.2 Å². The van der Waals surface area contributed by atoms with Crippen LogP contribution in [0.3, 0.4) is 0 Å². The number of carbonyl (C=O) groups is 1. The van der Waals surface area contributed by atoms with E-state index in [1.807, 2.05) is 66.0 Å². The third-order valence-corrected chi connectivity index (χ3v) is 6.65. The number of rotatable bonds is 5. The lowest BCUT2D eigenvalue weighted by Gasteiger charge is -2.27. The quantitative estimate of drug-likeness (QED) is 0.717. The summed E-state index contributed by atoms with van der Waals surface area (Å²) in [5, 5.41) is 10.9. The van der Waals surface area contributed by atoms with E-state index in [9.17, 15) is 9.59 Å². The number of allylic oxidation sites excluding steroid dienone is 4. The van der Waals surface area contributed by atoms with Gasteiger partial charge < -0.3 is 15.0 Å². The standard InChI is InChI=1S/C26H29N5O3/c1-17-15-18(10-11-22(17)34-20-12-14-29(2)23(27)16-20)28-25(32)24-21-9-6-13-30(21)31(26(24)33)19-7-4-3-5-8-19/h3-5,7-8,10-11,16-17,27H,6,9,12-15H2,1-2H3,(H,28,32). The summed E-state index contributed by atoms with van der Waals surface area (Å²) in [5.74, 6) is 1.75. The predicted octanol–water partition coefficient (Wildman–Crippen LogP) is 3.34.